The van der Waals surface area contributed by atoms with Gasteiger partial charge in [0.25, 0.3) is 5.91 Å². The number of rotatable bonds is 7. The van der Waals surface area contributed by atoms with Crippen LogP contribution in [0.1, 0.15) is 48.2 Å². The van der Waals surface area contributed by atoms with Gasteiger partial charge in [-0.05, 0) is 78.1 Å². The Bertz CT molecular complexity index is 1580. The lowest BCUT2D eigenvalue weighted by atomic mass is 9.96. The van der Waals surface area contributed by atoms with E-state index in [9.17, 15) is 19.5 Å². The zero-order valence-corrected chi connectivity index (χ0v) is 27.8. The van der Waals surface area contributed by atoms with Gasteiger partial charge < -0.3 is 15.3 Å². The first-order valence-corrected chi connectivity index (χ1v) is 15.1. The van der Waals surface area contributed by atoms with E-state index in [1.807, 2.05) is 20.8 Å². The van der Waals surface area contributed by atoms with Crippen molar-refractivity contribution in [2.75, 3.05) is 28.7 Å². The molecule has 0 aliphatic heterocycles. The monoisotopic (exact) mass is 683 g/mol. The van der Waals surface area contributed by atoms with E-state index in [1.54, 1.807) is 56.4 Å². The summed E-state index contributed by atoms with van der Waals surface area (Å²) >= 11 is 31.6. The van der Waals surface area contributed by atoms with Crippen molar-refractivity contribution in [1.29, 1.82) is 0 Å². The molecule has 1 aliphatic carbocycles. The lowest BCUT2D eigenvalue weighted by molar-refractivity contribution is -0.117. The Morgan fingerprint density at radius 3 is 2.14 bits per heavy atom. The van der Waals surface area contributed by atoms with Crippen LogP contribution in [0.25, 0.3) is 0 Å². The number of nitrogens with zero attached hydrogens (tertiary/aromatic N) is 2. The molecule has 1 saturated carbocycles. The molecule has 43 heavy (non-hydrogen) atoms. The highest BCUT2D eigenvalue weighted by atomic mass is 35.5. The van der Waals surface area contributed by atoms with Crippen LogP contribution in [-0.4, -0.2) is 40.9 Å². The number of halogens is 5. The maximum atomic E-state index is 13.6. The van der Waals surface area contributed by atoms with Gasteiger partial charge in [0.2, 0.25) is 5.91 Å². The molecule has 1 aliphatic rings. The molecular weight excluding hydrogens is 656 g/mol. The van der Waals surface area contributed by atoms with Gasteiger partial charge in [0.1, 0.15) is 4.33 Å². The van der Waals surface area contributed by atoms with Gasteiger partial charge in [-0.1, -0.05) is 55.6 Å². The summed E-state index contributed by atoms with van der Waals surface area (Å²) in [6.45, 7) is 7.96. The number of nitrogens with one attached hydrogen (secondary N) is 1. The molecule has 0 spiro atoms. The zero-order chi connectivity index (χ0) is 32.0. The van der Waals surface area contributed by atoms with Gasteiger partial charge >= 0.3 is 6.09 Å². The van der Waals surface area contributed by atoms with Crippen LogP contribution in [0.4, 0.5) is 21.9 Å². The standard InChI is InChI=1S/C31H30Cl5N3O4/c1-16-10-21(39(29(42)43)15-30(2,3)4)7-9-24(16)38(5)28(41)22-14-20(6-8-23(22)34)37-27(40)26-25(31(26,35)36)17-11-18(32)13-19(33)12-17/h6-14,25-26H,15H2,1-5H3,(H,37,40)(H,42,43)/t25-,26+/m0/s1. The van der Waals surface area contributed by atoms with Crippen LogP contribution in [0.5, 0.6) is 0 Å². The second kappa shape index (κ2) is 12.4. The van der Waals surface area contributed by atoms with Crippen molar-refractivity contribution in [3.63, 3.8) is 0 Å². The van der Waals surface area contributed by atoms with Crippen LogP contribution >= 0.6 is 58.0 Å². The van der Waals surface area contributed by atoms with Crippen molar-refractivity contribution in [2.45, 2.75) is 37.9 Å². The highest BCUT2D eigenvalue weighted by Gasteiger charge is 2.67. The topological polar surface area (TPSA) is 90.0 Å². The third-order valence-electron chi connectivity index (χ3n) is 7.07. The van der Waals surface area contributed by atoms with Gasteiger partial charge in [0, 0.05) is 46.6 Å². The van der Waals surface area contributed by atoms with Gasteiger partial charge in [0.05, 0.1) is 16.5 Å². The summed E-state index contributed by atoms with van der Waals surface area (Å²) in [5.41, 5.74) is 2.63. The first-order valence-electron chi connectivity index (χ1n) is 13.2. The van der Waals surface area contributed by atoms with E-state index in [2.05, 4.69) is 5.32 Å². The number of benzene rings is 3. The van der Waals surface area contributed by atoms with E-state index in [4.69, 9.17) is 58.0 Å². The molecular formula is C31H30Cl5N3O4. The van der Waals surface area contributed by atoms with E-state index < -0.39 is 34.1 Å². The number of anilines is 3. The summed E-state index contributed by atoms with van der Waals surface area (Å²) in [5.74, 6) is -2.18. The summed E-state index contributed by atoms with van der Waals surface area (Å²) in [5, 5.41) is 13.5. The van der Waals surface area contributed by atoms with E-state index in [0.717, 1.165) is 0 Å². The fourth-order valence-corrected chi connectivity index (χ4v) is 6.60. The number of aryl methyl sites for hydroxylation is 1. The minimum atomic E-state index is -1.36. The maximum Gasteiger partial charge on any atom is 0.411 e. The summed E-state index contributed by atoms with van der Waals surface area (Å²) in [7, 11) is 1.59. The van der Waals surface area contributed by atoms with Gasteiger partial charge in [-0.15, -0.1) is 23.2 Å². The number of carboxylic acid groups (broad SMARTS) is 1. The second-order valence-corrected chi connectivity index (χ2v) is 14.5. The average Bonchev–Trinajstić information content (AvgIpc) is 3.48. The smallest absolute Gasteiger partial charge is 0.411 e. The fourth-order valence-electron chi connectivity index (χ4n) is 5.03. The minimum Gasteiger partial charge on any atom is -0.465 e. The van der Waals surface area contributed by atoms with Gasteiger partial charge in [-0.2, -0.15) is 0 Å². The fraction of sp³-hybridized carbons (Fsp3) is 0.323. The predicted molar refractivity (Wildman–Crippen MR) is 176 cm³/mol. The number of carbonyl (C=O) groups excluding carboxylic acids is 2. The van der Waals surface area contributed by atoms with E-state index in [1.165, 1.54) is 21.9 Å². The predicted octanol–water partition coefficient (Wildman–Crippen LogP) is 9.29. The Kier molecular flexibility index (Phi) is 9.56. The molecule has 228 valence electrons. The van der Waals surface area contributed by atoms with Crippen LogP contribution in [0.3, 0.4) is 0 Å². The molecule has 0 heterocycles. The van der Waals surface area contributed by atoms with E-state index in [0.29, 0.717) is 44.8 Å². The molecule has 2 N–H and O–H groups in total. The van der Waals surface area contributed by atoms with Crippen molar-refractivity contribution in [3.8, 4) is 0 Å². The van der Waals surface area contributed by atoms with Crippen LogP contribution in [-0.2, 0) is 4.79 Å². The summed E-state index contributed by atoms with van der Waals surface area (Å²) < 4.78 is -1.36. The molecule has 0 bridgehead atoms. The Hall–Kier alpha value is -2.68. The molecule has 3 aromatic carbocycles. The summed E-state index contributed by atoms with van der Waals surface area (Å²) in [6, 6.07) is 14.6. The van der Waals surface area contributed by atoms with Crippen molar-refractivity contribution < 1.29 is 19.5 Å². The highest BCUT2D eigenvalue weighted by Crippen LogP contribution is 2.65. The average molecular weight is 686 g/mol. The molecule has 1 fully saturated rings. The molecule has 0 aromatic heterocycles. The third kappa shape index (κ3) is 7.35. The SMILES string of the molecule is Cc1cc(N(CC(C)(C)C)C(=O)O)ccc1N(C)C(=O)c1cc(NC(=O)[C@H]2[C@H](c3cc(Cl)cc(Cl)c3)C2(Cl)Cl)ccc1Cl. The highest BCUT2D eigenvalue weighted by molar-refractivity contribution is 6.53. The molecule has 0 saturated heterocycles. The Labute approximate surface area is 275 Å². The van der Waals surface area contributed by atoms with E-state index in [-0.39, 0.29) is 16.0 Å². The molecule has 12 heteroatoms. The number of amides is 3. The quantitative estimate of drug-likeness (QED) is 0.243. The van der Waals surface area contributed by atoms with Crippen molar-refractivity contribution in [3.05, 3.63) is 86.4 Å². The largest absolute Gasteiger partial charge is 0.465 e. The van der Waals surface area contributed by atoms with Gasteiger partial charge in [0.15, 0.2) is 0 Å². The first-order chi connectivity index (χ1) is 19.9. The van der Waals surface area contributed by atoms with Crippen LogP contribution in [0.15, 0.2) is 54.6 Å². The number of carbonyl (C=O) groups is 3. The Balaban J connectivity index is 1.53. The van der Waals surface area contributed by atoms with Crippen LogP contribution < -0.4 is 15.1 Å². The number of hydrogen-bond acceptors (Lipinski definition) is 3. The molecule has 7 nitrogen and oxygen atoms in total. The lowest BCUT2D eigenvalue weighted by Crippen LogP contribution is -2.37. The lowest BCUT2D eigenvalue weighted by Gasteiger charge is -2.29. The molecule has 2 atom stereocenters. The molecule has 3 aromatic rings. The molecule has 0 unspecified atom stereocenters. The second-order valence-electron chi connectivity index (χ2n) is 11.8. The van der Waals surface area contributed by atoms with Crippen molar-refractivity contribution in [1.82, 2.24) is 0 Å². The third-order valence-corrected chi connectivity index (χ3v) is 8.77. The van der Waals surface area contributed by atoms with Crippen molar-refractivity contribution >= 4 is 93.0 Å². The molecule has 4 rings (SSSR count). The summed E-state index contributed by atoms with van der Waals surface area (Å²) in [6.07, 6.45) is -1.06. The van der Waals surface area contributed by atoms with Gasteiger partial charge in [-0.25, -0.2) is 4.79 Å². The van der Waals surface area contributed by atoms with Gasteiger partial charge in [-0.3, -0.25) is 14.5 Å². The minimum absolute atomic E-state index is 0.155. The normalized spacial score (nSPS) is 17.3. The number of hydrogen-bond donors (Lipinski definition) is 2. The van der Waals surface area contributed by atoms with E-state index >= 15 is 0 Å². The Morgan fingerprint density at radius 1 is 0.953 bits per heavy atom. The first kappa shape index (κ1) is 33.2. The van der Waals surface area contributed by atoms with Crippen LogP contribution in [0, 0.1) is 18.3 Å². The van der Waals surface area contributed by atoms with Crippen molar-refractivity contribution in [2.24, 2.45) is 11.3 Å². The van der Waals surface area contributed by atoms with Crippen LogP contribution in [0.2, 0.25) is 15.1 Å². The zero-order valence-electron chi connectivity index (χ0n) is 24.0. The maximum absolute atomic E-state index is 13.6. The molecule has 0 radical (unpaired) electrons. The number of alkyl halides is 2. The Morgan fingerprint density at radius 2 is 1.58 bits per heavy atom. The summed E-state index contributed by atoms with van der Waals surface area (Å²) in [4.78, 5) is 41.4. The molecule has 3 amide bonds.